The molecule has 0 amide bonds. The number of rotatable bonds is 3. The molecule has 0 aliphatic rings. The van der Waals surface area contributed by atoms with Crippen LogP contribution in [0.25, 0.3) is 0 Å². The van der Waals surface area contributed by atoms with Gasteiger partial charge in [-0.3, -0.25) is 0 Å². The Morgan fingerprint density at radius 2 is 1.94 bits per heavy atom. The second kappa shape index (κ2) is 5.19. The fourth-order valence-corrected chi connectivity index (χ4v) is 1.99. The Kier molecular flexibility index (Phi) is 3.63. The molecule has 0 saturated carbocycles. The van der Waals surface area contributed by atoms with Gasteiger partial charge in [0.05, 0.1) is 0 Å². The number of nitrogens with one attached hydrogen (secondary N) is 1. The monoisotopic (exact) mass is 263 g/mol. The molecule has 3 nitrogen and oxygen atoms in total. The number of phenolic OH excluding ortho intramolecular Hbond substituents is 2. The Bertz CT molecular complexity index is 549. The average Bonchev–Trinajstić information content (AvgIpc) is 2.31. The van der Waals surface area contributed by atoms with E-state index in [0.29, 0.717) is 17.1 Å². The van der Waals surface area contributed by atoms with E-state index in [0.717, 1.165) is 11.3 Å². The van der Waals surface area contributed by atoms with E-state index in [1.807, 2.05) is 6.92 Å². The zero-order valence-corrected chi connectivity index (χ0v) is 10.7. The molecule has 2 aromatic rings. The summed E-state index contributed by atoms with van der Waals surface area (Å²) in [4.78, 5) is 0. The normalized spacial score (nSPS) is 10.3. The van der Waals surface area contributed by atoms with Crippen molar-refractivity contribution in [3.05, 3.63) is 52.5 Å². The standard InChI is InChI=1S/C14H14ClNO2/c1-9-7-10(17)5-6-13(9)16-8-11-12(15)3-2-4-14(11)18/h2-7,16-18H,8H2,1H3. The van der Waals surface area contributed by atoms with Gasteiger partial charge in [0.15, 0.2) is 0 Å². The van der Waals surface area contributed by atoms with Gasteiger partial charge < -0.3 is 15.5 Å². The number of halogens is 1. The lowest BCUT2D eigenvalue weighted by atomic mass is 10.1. The summed E-state index contributed by atoms with van der Waals surface area (Å²) in [5, 5.41) is 22.7. The van der Waals surface area contributed by atoms with Crippen molar-refractivity contribution in [3.8, 4) is 11.5 Å². The molecule has 0 fully saturated rings. The van der Waals surface area contributed by atoms with E-state index in [9.17, 15) is 10.2 Å². The van der Waals surface area contributed by atoms with Crippen LogP contribution in [-0.2, 0) is 6.54 Å². The van der Waals surface area contributed by atoms with Crippen molar-refractivity contribution in [1.29, 1.82) is 0 Å². The molecule has 18 heavy (non-hydrogen) atoms. The van der Waals surface area contributed by atoms with Gasteiger partial charge >= 0.3 is 0 Å². The Morgan fingerprint density at radius 1 is 1.17 bits per heavy atom. The topological polar surface area (TPSA) is 52.5 Å². The van der Waals surface area contributed by atoms with Gasteiger partial charge in [-0.25, -0.2) is 0 Å². The highest BCUT2D eigenvalue weighted by atomic mass is 35.5. The minimum atomic E-state index is 0.173. The molecule has 0 heterocycles. The number of aromatic hydroxyl groups is 2. The van der Waals surface area contributed by atoms with Crippen LogP contribution in [0.2, 0.25) is 5.02 Å². The summed E-state index contributed by atoms with van der Waals surface area (Å²) < 4.78 is 0. The molecule has 0 unspecified atom stereocenters. The number of hydrogen-bond acceptors (Lipinski definition) is 3. The fraction of sp³-hybridized carbons (Fsp3) is 0.143. The van der Waals surface area contributed by atoms with E-state index >= 15 is 0 Å². The molecule has 0 radical (unpaired) electrons. The van der Waals surface area contributed by atoms with Crippen molar-refractivity contribution in [2.45, 2.75) is 13.5 Å². The van der Waals surface area contributed by atoms with Crippen LogP contribution < -0.4 is 5.32 Å². The van der Waals surface area contributed by atoms with Crippen LogP contribution in [0, 0.1) is 6.92 Å². The van der Waals surface area contributed by atoms with Crippen LogP contribution in [0.15, 0.2) is 36.4 Å². The summed E-state index contributed by atoms with van der Waals surface area (Å²) in [6.07, 6.45) is 0. The first-order valence-corrected chi connectivity index (χ1v) is 5.95. The maximum absolute atomic E-state index is 9.72. The average molecular weight is 264 g/mol. The van der Waals surface area contributed by atoms with E-state index in [2.05, 4.69) is 5.32 Å². The summed E-state index contributed by atoms with van der Waals surface area (Å²) in [5.41, 5.74) is 2.49. The third kappa shape index (κ3) is 2.68. The van der Waals surface area contributed by atoms with Crippen LogP contribution in [0.1, 0.15) is 11.1 Å². The highest BCUT2D eigenvalue weighted by molar-refractivity contribution is 6.31. The van der Waals surface area contributed by atoms with E-state index in [1.54, 1.807) is 36.4 Å². The Labute approximate surface area is 111 Å². The van der Waals surface area contributed by atoms with Gasteiger partial charge in [0.2, 0.25) is 0 Å². The van der Waals surface area contributed by atoms with Gasteiger partial charge in [0.25, 0.3) is 0 Å². The number of phenols is 2. The second-order valence-corrected chi connectivity index (χ2v) is 4.50. The zero-order chi connectivity index (χ0) is 13.1. The van der Waals surface area contributed by atoms with Gasteiger partial charge in [0, 0.05) is 22.8 Å². The smallest absolute Gasteiger partial charge is 0.122 e. The second-order valence-electron chi connectivity index (χ2n) is 4.09. The Hall–Kier alpha value is -1.87. The SMILES string of the molecule is Cc1cc(O)ccc1NCc1c(O)cccc1Cl. The summed E-state index contributed by atoms with van der Waals surface area (Å²) >= 11 is 6.02. The fourth-order valence-electron chi connectivity index (χ4n) is 1.75. The van der Waals surface area contributed by atoms with Crippen molar-refractivity contribution in [2.75, 3.05) is 5.32 Å². The van der Waals surface area contributed by atoms with Crippen molar-refractivity contribution in [2.24, 2.45) is 0 Å². The van der Waals surface area contributed by atoms with Gasteiger partial charge in [0.1, 0.15) is 11.5 Å². The third-order valence-electron chi connectivity index (χ3n) is 2.76. The molecule has 94 valence electrons. The van der Waals surface area contributed by atoms with Crippen molar-refractivity contribution in [3.63, 3.8) is 0 Å². The van der Waals surface area contributed by atoms with E-state index in [4.69, 9.17) is 11.6 Å². The van der Waals surface area contributed by atoms with Gasteiger partial charge in [-0.15, -0.1) is 0 Å². The lowest BCUT2D eigenvalue weighted by Crippen LogP contribution is -2.01. The Morgan fingerprint density at radius 3 is 2.61 bits per heavy atom. The quantitative estimate of drug-likeness (QED) is 0.741. The van der Waals surface area contributed by atoms with Crippen LogP contribution >= 0.6 is 11.6 Å². The molecule has 0 aromatic heterocycles. The lowest BCUT2D eigenvalue weighted by molar-refractivity contribution is 0.469. The first kappa shape index (κ1) is 12.6. The first-order valence-electron chi connectivity index (χ1n) is 5.58. The van der Waals surface area contributed by atoms with Crippen LogP contribution in [-0.4, -0.2) is 10.2 Å². The zero-order valence-electron chi connectivity index (χ0n) is 9.94. The molecule has 0 saturated heterocycles. The van der Waals surface area contributed by atoms with Crippen LogP contribution in [0.3, 0.4) is 0 Å². The molecule has 2 rings (SSSR count). The largest absolute Gasteiger partial charge is 0.508 e. The van der Waals surface area contributed by atoms with Gasteiger partial charge in [-0.1, -0.05) is 17.7 Å². The summed E-state index contributed by atoms with van der Waals surface area (Å²) in [6.45, 7) is 2.33. The highest BCUT2D eigenvalue weighted by Gasteiger charge is 2.06. The Balaban J connectivity index is 2.16. The first-order chi connectivity index (χ1) is 8.58. The van der Waals surface area contributed by atoms with Crippen LogP contribution in [0.5, 0.6) is 11.5 Å². The predicted molar refractivity (Wildman–Crippen MR) is 73.3 cm³/mol. The minimum absolute atomic E-state index is 0.173. The highest BCUT2D eigenvalue weighted by Crippen LogP contribution is 2.27. The minimum Gasteiger partial charge on any atom is -0.508 e. The molecule has 0 atom stereocenters. The maximum Gasteiger partial charge on any atom is 0.122 e. The third-order valence-corrected chi connectivity index (χ3v) is 3.11. The molecular weight excluding hydrogens is 250 g/mol. The lowest BCUT2D eigenvalue weighted by Gasteiger charge is -2.12. The summed E-state index contributed by atoms with van der Waals surface area (Å²) in [7, 11) is 0. The number of benzene rings is 2. The van der Waals surface area contributed by atoms with Crippen molar-refractivity contribution < 1.29 is 10.2 Å². The predicted octanol–water partition coefficient (Wildman–Crippen LogP) is 3.67. The van der Waals surface area contributed by atoms with Gasteiger partial charge in [-0.05, 0) is 42.8 Å². The molecule has 2 aromatic carbocycles. The summed E-state index contributed by atoms with van der Waals surface area (Å²) in [6, 6.07) is 10.1. The number of hydrogen-bond donors (Lipinski definition) is 3. The molecular formula is C14H14ClNO2. The van der Waals surface area contributed by atoms with E-state index < -0.39 is 0 Å². The van der Waals surface area contributed by atoms with E-state index in [-0.39, 0.29) is 11.5 Å². The molecule has 0 aliphatic carbocycles. The van der Waals surface area contributed by atoms with Crippen molar-refractivity contribution in [1.82, 2.24) is 0 Å². The number of anilines is 1. The molecule has 0 aliphatic heterocycles. The van der Waals surface area contributed by atoms with Gasteiger partial charge in [-0.2, -0.15) is 0 Å². The molecule has 4 heteroatoms. The van der Waals surface area contributed by atoms with Crippen molar-refractivity contribution >= 4 is 17.3 Å². The summed E-state index contributed by atoms with van der Waals surface area (Å²) in [5.74, 6) is 0.407. The molecule has 3 N–H and O–H groups in total. The van der Waals surface area contributed by atoms with E-state index in [1.165, 1.54) is 0 Å². The maximum atomic E-state index is 9.72. The van der Waals surface area contributed by atoms with Crippen LogP contribution in [0.4, 0.5) is 5.69 Å². The molecule has 0 spiro atoms. The number of aryl methyl sites for hydroxylation is 1. The molecule has 0 bridgehead atoms.